The van der Waals surface area contributed by atoms with Gasteiger partial charge in [-0.15, -0.1) is 11.3 Å². The summed E-state index contributed by atoms with van der Waals surface area (Å²) < 4.78 is 28.2. The van der Waals surface area contributed by atoms with E-state index >= 15 is 0 Å². The van der Waals surface area contributed by atoms with Gasteiger partial charge in [0.2, 0.25) is 0 Å². The van der Waals surface area contributed by atoms with E-state index in [1.807, 2.05) is 31.4 Å². The summed E-state index contributed by atoms with van der Waals surface area (Å²) in [4.78, 5) is 13.6. The standard InChI is InChI=1S/C18H25N3O4S2/c1-4-19(5-2)11-12-20(14-16-9-7-13-26-16)27(24,25)18-15(3)8-6-10-17(18)21(22)23/h6-10,13H,4-5,11-12,14H2,1-3H3. The predicted molar refractivity (Wildman–Crippen MR) is 108 cm³/mol. The fraction of sp³-hybridized carbons (Fsp3) is 0.444. The van der Waals surface area contributed by atoms with Crippen LogP contribution in [0.4, 0.5) is 5.69 Å². The molecule has 0 fully saturated rings. The molecular weight excluding hydrogens is 386 g/mol. The highest BCUT2D eigenvalue weighted by atomic mass is 32.2. The molecule has 0 spiro atoms. The number of hydrogen-bond donors (Lipinski definition) is 0. The van der Waals surface area contributed by atoms with Crippen LogP contribution in [0.2, 0.25) is 0 Å². The summed E-state index contributed by atoms with van der Waals surface area (Å²) in [5.74, 6) is 0. The summed E-state index contributed by atoms with van der Waals surface area (Å²) in [5, 5.41) is 13.3. The number of nitro benzene ring substituents is 1. The van der Waals surface area contributed by atoms with E-state index in [1.54, 1.807) is 13.0 Å². The zero-order chi connectivity index (χ0) is 20.0. The van der Waals surface area contributed by atoms with E-state index in [9.17, 15) is 18.5 Å². The first-order valence-corrected chi connectivity index (χ1v) is 11.1. The van der Waals surface area contributed by atoms with Crippen molar-refractivity contribution >= 4 is 27.0 Å². The van der Waals surface area contributed by atoms with Crippen molar-refractivity contribution < 1.29 is 13.3 Å². The van der Waals surface area contributed by atoms with E-state index in [1.165, 1.54) is 27.8 Å². The first kappa shape index (κ1) is 21.5. The van der Waals surface area contributed by atoms with Crippen molar-refractivity contribution in [1.82, 2.24) is 9.21 Å². The fourth-order valence-corrected chi connectivity index (χ4v) is 5.47. The lowest BCUT2D eigenvalue weighted by molar-refractivity contribution is -0.387. The van der Waals surface area contributed by atoms with Gasteiger partial charge >= 0.3 is 0 Å². The minimum absolute atomic E-state index is 0.201. The molecule has 1 heterocycles. The zero-order valence-corrected chi connectivity index (χ0v) is 17.4. The minimum Gasteiger partial charge on any atom is -0.303 e. The van der Waals surface area contributed by atoms with E-state index in [0.29, 0.717) is 12.1 Å². The van der Waals surface area contributed by atoms with Crippen LogP contribution in [0.25, 0.3) is 0 Å². The summed E-state index contributed by atoms with van der Waals surface area (Å²) in [5.41, 5.74) is -0.00256. The summed E-state index contributed by atoms with van der Waals surface area (Å²) in [7, 11) is -4.02. The van der Waals surface area contributed by atoms with E-state index in [4.69, 9.17) is 0 Å². The second-order valence-electron chi connectivity index (χ2n) is 6.13. The maximum atomic E-state index is 13.4. The van der Waals surface area contributed by atoms with E-state index in [0.717, 1.165) is 18.0 Å². The molecule has 0 atom stereocenters. The molecule has 9 heteroatoms. The number of likely N-dealkylation sites (N-methyl/N-ethyl adjacent to an activating group) is 1. The average molecular weight is 412 g/mol. The van der Waals surface area contributed by atoms with Gasteiger partial charge < -0.3 is 4.90 Å². The largest absolute Gasteiger partial charge is 0.303 e. The van der Waals surface area contributed by atoms with Crippen molar-refractivity contribution in [2.24, 2.45) is 0 Å². The van der Waals surface area contributed by atoms with Crippen molar-refractivity contribution in [2.75, 3.05) is 26.2 Å². The summed E-state index contributed by atoms with van der Waals surface area (Å²) in [6.45, 7) is 8.30. The van der Waals surface area contributed by atoms with E-state index < -0.39 is 14.9 Å². The van der Waals surface area contributed by atoms with Crippen molar-refractivity contribution in [3.8, 4) is 0 Å². The van der Waals surface area contributed by atoms with Crippen LogP contribution < -0.4 is 0 Å². The lowest BCUT2D eigenvalue weighted by Gasteiger charge is -2.26. The van der Waals surface area contributed by atoms with Crippen molar-refractivity contribution in [2.45, 2.75) is 32.2 Å². The molecule has 2 aromatic rings. The molecule has 0 unspecified atom stereocenters. The second-order valence-corrected chi connectivity index (χ2v) is 9.03. The summed E-state index contributed by atoms with van der Waals surface area (Å²) >= 11 is 1.47. The zero-order valence-electron chi connectivity index (χ0n) is 15.8. The van der Waals surface area contributed by atoms with Gasteiger partial charge in [0.1, 0.15) is 0 Å². The Morgan fingerprint density at radius 2 is 1.81 bits per heavy atom. The fourth-order valence-electron chi connectivity index (χ4n) is 2.90. The van der Waals surface area contributed by atoms with Crippen LogP contribution in [-0.2, 0) is 16.6 Å². The van der Waals surface area contributed by atoms with Gasteiger partial charge in [-0.25, -0.2) is 8.42 Å². The van der Waals surface area contributed by atoms with Crippen molar-refractivity contribution in [3.05, 3.63) is 56.3 Å². The van der Waals surface area contributed by atoms with E-state index in [2.05, 4.69) is 4.90 Å². The van der Waals surface area contributed by atoms with Gasteiger partial charge in [-0.1, -0.05) is 32.0 Å². The average Bonchev–Trinajstić information content (AvgIpc) is 3.14. The van der Waals surface area contributed by atoms with Crippen LogP contribution >= 0.6 is 11.3 Å². The third kappa shape index (κ3) is 5.13. The molecule has 0 bridgehead atoms. The third-order valence-electron chi connectivity index (χ3n) is 4.46. The highest BCUT2D eigenvalue weighted by Gasteiger charge is 2.33. The maximum Gasteiger partial charge on any atom is 0.289 e. The first-order valence-electron chi connectivity index (χ1n) is 8.80. The Hall–Kier alpha value is -1.81. The minimum atomic E-state index is -4.02. The number of hydrogen-bond acceptors (Lipinski definition) is 6. The number of sulfonamides is 1. The number of rotatable bonds is 10. The lowest BCUT2D eigenvalue weighted by atomic mass is 10.2. The van der Waals surface area contributed by atoms with Gasteiger partial charge in [-0.3, -0.25) is 10.1 Å². The molecule has 1 aromatic heterocycles. The molecule has 0 saturated heterocycles. The highest BCUT2D eigenvalue weighted by molar-refractivity contribution is 7.89. The molecule has 0 aliphatic carbocycles. The molecule has 0 radical (unpaired) electrons. The molecule has 0 amide bonds. The van der Waals surface area contributed by atoms with Gasteiger partial charge in [0, 0.05) is 30.6 Å². The molecule has 148 valence electrons. The Labute approximate surface area is 164 Å². The number of aryl methyl sites for hydroxylation is 1. The van der Waals surface area contributed by atoms with Crippen LogP contribution in [0.3, 0.4) is 0 Å². The Morgan fingerprint density at radius 1 is 1.11 bits per heavy atom. The first-order chi connectivity index (χ1) is 12.8. The molecular formula is C18H25N3O4S2. The van der Waals surface area contributed by atoms with Gasteiger partial charge in [-0.05, 0) is 37.0 Å². The van der Waals surface area contributed by atoms with Crippen molar-refractivity contribution in [1.29, 1.82) is 0 Å². The Kier molecular flexibility index (Phi) is 7.49. The summed E-state index contributed by atoms with van der Waals surface area (Å²) in [6.07, 6.45) is 0. The van der Waals surface area contributed by atoms with E-state index in [-0.39, 0.29) is 23.7 Å². The van der Waals surface area contributed by atoms with Gasteiger partial charge in [0.25, 0.3) is 15.7 Å². The molecule has 0 saturated carbocycles. The van der Waals surface area contributed by atoms with Crippen LogP contribution in [0.15, 0.2) is 40.6 Å². The van der Waals surface area contributed by atoms with Crippen molar-refractivity contribution in [3.63, 3.8) is 0 Å². The van der Waals surface area contributed by atoms with Crippen LogP contribution in [0.1, 0.15) is 24.3 Å². The molecule has 2 rings (SSSR count). The quantitative estimate of drug-likeness (QED) is 0.441. The lowest BCUT2D eigenvalue weighted by Crippen LogP contribution is -2.38. The molecule has 27 heavy (non-hydrogen) atoms. The number of benzene rings is 1. The second kappa shape index (κ2) is 9.41. The maximum absolute atomic E-state index is 13.4. The summed E-state index contributed by atoms with van der Waals surface area (Å²) in [6, 6.07) is 8.08. The van der Waals surface area contributed by atoms with Crippen LogP contribution in [0, 0.1) is 17.0 Å². The highest BCUT2D eigenvalue weighted by Crippen LogP contribution is 2.31. The van der Waals surface area contributed by atoms with Crippen LogP contribution in [0.5, 0.6) is 0 Å². The van der Waals surface area contributed by atoms with Gasteiger partial charge in [-0.2, -0.15) is 4.31 Å². The predicted octanol–water partition coefficient (Wildman–Crippen LogP) is 3.50. The van der Waals surface area contributed by atoms with Crippen LogP contribution in [-0.4, -0.2) is 48.7 Å². The Bertz CT molecular complexity index is 863. The molecule has 7 nitrogen and oxygen atoms in total. The molecule has 0 aliphatic heterocycles. The molecule has 1 aromatic carbocycles. The topological polar surface area (TPSA) is 83.8 Å². The molecule has 0 aliphatic rings. The van der Waals surface area contributed by atoms with Gasteiger partial charge in [0.15, 0.2) is 4.90 Å². The third-order valence-corrected chi connectivity index (χ3v) is 7.36. The monoisotopic (exact) mass is 411 g/mol. The number of thiophene rings is 1. The number of nitrogens with zero attached hydrogens (tertiary/aromatic N) is 3. The Morgan fingerprint density at radius 3 is 2.37 bits per heavy atom. The SMILES string of the molecule is CCN(CC)CCN(Cc1cccs1)S(=O)(=O)c1c(C)cccc1[N+](=O)[O-]. The smallest absolute Gasteiger partial charge is 0.289 e. The normalized spacial score (nSPS) is 12.0. The Balaban J connectivity index is 2.45. The van der Waals surface area contributed by atoms with Gasteiger partial charge in [0.05, 0.1) is 4.92 Å². The molecule has 0 N–H and O–H groups in total. The number of nitro groups is 1.